The summed E-state index contributed by atoms with van der Waals surface area (Å²) in [6.07, 6.45) is 7.83. The van der Waals surface area contributed by atoms with Crippen LogP contribution in [0.3, 0.4) is 0 Å². The topological polar surface area (TPSA) is 33.6 Å². The molecule has 17 heavy (non-hydrogen) atoms. The molecule has 98 valence electrons. The highest BCUT2D eigenvalue weighted by Crippen LogP contribution is 2.36. The van der Waals surface area contributed by atoms with Gasteiger partial charge in [0, 0.05) is 18.4 Å². The summed E-state index contributed by atoms with van der Waals surface area (Å²) in [4.78, 5) is 4.78. The Morgan fingerprint density at radius 1 is 1.41 bits per heavy atom. The van der Waals surface area contributed by atoms with Crippen molar-refractivity contribution in [3.8, 4) is 0 Å². The van der Waals surface area contributed by atoms with Gasteiger partial charge in [0.15, 0.2) is 5.17 Å². The molecule has 3 nitrogen and oxygen atoms in total. The van der Waals surface area contributed by atoms with E-state index in [0.29, 0.717) is 11.6 Å². The van der Waals surface area contributed by atoms with Gasteiger partial charge >= 0.3 is 0 Å². The third-order valence-electron chi connectivity index (χ3n) is 3.80. The van der Waals surface area contributed by atoms with Crippen molar-refractivity contribution in [3.05, 3.63) is 0 Å². The maximum Gasteiger partial charge on any atom is 0.157 e. The van der Waals surface area contributed by atoms with Gasteiger partial charge < -0.3 is 10.1 Å². The molecule has 0 radical (unpaired) electrons. The summed E-state index contributed by atoms with van der Waals surface area (Å²) in [5.74, 6) is 1.20. The van der Waals surface area contributed by atoms with Crippen LogP contribution in [-0.4, -0.2) is 36.2 Å². The quantitative estimate of drug-likeness (QED) is 0.840. The minimum atomic E-state index is 0.314. The molecular weight excluding hydrogens is 232 g/mol. The monoisotopic (exact) mass is 256 g/mol. The number of nitrogens with one attached hydrogen (secondary N) is 1. The van der Waals surface area contributed by atoms with E-state index in [9.17, 15) is 0 Å². The van der Waals surface area contributed by atoms with Gasteiger partial charge in [0.25, 0.3) is 0 Å². The molecule has 2 aliphatic rings. The molecule has 0 aromatic carbocycles. The number of methoxy groups -OCH3 is 1. The molecule has 1 saturated carbocycles. The minimum absolute atomic E-state index is 0.314. The van der Waals surface area contributed by atoms with Crippen molar-refractivity contribution in [3.63, 3.8) is 0 Å². The molecule has 1 heterocycles. The average Bonchev–Trinajstić information content (AvgIpc) is 2.72. The Morgan fingerprint density at radius 2 is 2.18 bits per heavy atom. The number of ether oxygens (including phenoxy) is 1. The molecule has 0 amide bonds. The summed E-state index contributed by atoms with van der Waals surface area (Å²) in [6.45, 7) is 2.90. The maximum atomic E-state index is 5.20. The fraction of sp³-hybridized carbons (Fsp3) is 0.923. The molecule has 2 fully saturated rings. The lowest BCUT2D eigenvalue weighted by molar-refractivity contribution is 0.179. The van der Waals surface area contributed by atoms with E-state index in [2.05, 4.69) is 12.2 Å². The zero-order chi connectivity index (χ0) is 12.1. The molecule has 0 aromatic heterocycles. The molecule has 0 bridgehead atoms. The van der Waals surface area contributed by atoms with Crippen LogP contribution in [0.1, 0.15) is 45.4 Å². The molecule has 1 unspecified atom stereocenters. The Balaban J connectivity index is 1.93. The molecule has 1 N–H and O–H groups in total. The van der Waals surface area contributed by atoms with Crippen molar-refractivity contribution in [2.75, 3.05) is 19.5 Å². The van der Waals surface area contributed by atoms with E-state index in [1.165, 1.54) is 37.9 Å². The van der Waals surface area contributed by atoms with Crippen LogP contribution >= 0.6 is 11.8 Å². The number of hydrogen-bond acceptors (Lipinski definition) is 3. The van der Waals surface area contributed by atoms with Crippen molar-refractivity contribution >= 4 is 16.9 Å². The van der Waals surface area contributed by atoms with E-state index in [0.717, 1.165) is 18.2 Å². The third kappa shape index (κ3) is 3.38. The van der Waals surface area contributed by atoms with Crippen molar-refractivity contribution in [1.29, 1.82) is 0 Å². The zero-order valence-electron chi connectivity index (χ0n) is 11.0. The highest BCUT2D eigenvalue weighted by Gasteiger charge is 2.38. The molecule has 1 spiro atoms. The predicted molar refractivity (Wildman–Crippen MR) is 74.8 cm³/mol. The molecule has 0 aromatic rings. The molecule has 4 heteroatoms. The van der Waals surface area contributed by atoms with Gasteiger partial charge in [-0.05, 0) is 19.3 Å². The van der Waals surface area contributed by atoms with E-state index in [4.69, 9.17) is 9.73 Å². The second-order valence-electron chi connectivity index (χ2n) is 5.21. The second-order valence-corrected chi connectivity index (χ2v) is 6.17. The van der Waals surface area contributed by atoms with Crippen LogP contribution < -0.4 is 5.32 Å². The summed E-state index contributed by atoms with van der Waals surface area (Å²) < 4.78 is 5.20. The molecule has 1 aliphatic carbocycles. The molecule has 1 saturated heterocycles. The SMILES string of the molecule is CCC(COC)N=C1NC2(CCCCC2)CS1. The summed E-state index contributed by atoms with van der Waals surface area (Å²) >= 11 is 1.90. The molecule has 1 aliphatic heterocycles. The predicted octanol–water partition coefficient (Wildman–Crippen LogP) is 2.81. The lowest BCUT2D eigenvalue weighted by Gasteiger charge is -2.32. The number of hydrogen-bond donors (Lipinski definition) is 1. The number of thioether (sulfide) groups is 1. The number of aliphatic imine (C=N–C) groups is 1. The summed E-state index contributed by atoms with van der Waals surface area (Å²) in [7, 11) is 1.75. The Morgan fingerprint density at radius 3 is 2.82 bits per heavy atom. The minimum Gasteiger partial charge on any atom is -0.382 e. The van der Waals surface area contributed by atoms with Crippen LogP contribution in [0.4, 0.5) is 0 Å². The van der Waals surface area contributed by atoms with Gasteiger partial charge in [-0.25, -0.2) is 0 Å². The van der Waals surface area contributed by atoms with Crippen LogP contribution in [0.2, 0.25) is 0 Å². The van der Waals surface area contributed by atoms with Crippen molar-refractivity contribution in [2.45, 2.75) is 57.0 Å². The van der Waals surface area contributed by atoms with Gasteiger partial charge in [-0.1, -0.05) is 37.9 Å². The average molecular weight is 256 g/mol. The van der Waals surface area contributed by atoms with Gasteiger partial charge in [0.1, 0.15) is 0 Å². The zero-order valence-corrected chi connectivity index (χ0v) is 11.8. The number of amidine groups is 1. The van der Waals surface area contributed by atoms with E-state index >= 15 is 0 Å². The second kappa shape index (κ2) is 6.10. The largest absolute Gasteiger partial charge is 0.382 e. The Labute approximate surface area is 109 Å². The van der Waals surface area contributed by atoms with Crippen LogP contribution in [0, 0.1) is 0 Å². The normalized spacial score (nSPS) is 27.3. The summed E-state index contributed by atoms with van der Waals surface area (Å²) in [5, 5.41) is 4.84. The van der Waals surface area contributed by atoms with Gasteiger partial charge in [0.2, 0.25) is 0 Å². The van der Waals surface area contributed by atoms with Crippen molar-refractivity contribution in [2.24, 2.45) is 4.99 Å². The van der Waals surface area contributed by atoms with E-state index in [-0.39, 0.29) is 0 Å². The van der Waals surface area contributed by atoms with Gasteiger partial charge in [-0.2, -0.15) is 0 Å². The summed E-state index contributed by atoms with van der Waals surface area (Å²) in [6, 6.07) is 0.314. The first-order chi connectivity index (χ1) is 8.28. The Bertz CT molecular complexity index is 275. The molecular formula is C13H24N2OS. The van der Waals surface area contributed by atoms with Crippen LogP contribution in [0.5, 0.6) is 0 Å². The van der Waals surface area contributed by atoms with Crippen LogP contribution in [0.15, 0.2) is 4.99 Å². The van der Waals surface area contributed by atoms with E-state index < -0.39 is 0 Å². The third-order valence-corrected chi connectivity index (χ3v) is 4.98. The van der Waals surface area contributed by atoms with Gasteiger partial charge in [-0.3, -0.25) is 4.99 Å². The van der Waals surface area contributed by atoms with E-state index in [1.54, 1.807) is 7.11 Å². The number of rotatable bonds is 4. The first-order valence-electron chi connectivity index (χ1n) is 6.76. The first kappa shape index (κ1) is 13.2. The lowest BCUT2D eigenvalue weighted by atomic mass is 9.83. The summed E-state index contributed by atoms with van der Waals surface area (Å²) in [5.41, 5.74) is 0.368. The Hall–Kier alpha value is -0.220. The van der Waals surface area contributed by atoms with Crippen LogP contribution in [-0.2, 0) is 4.74 Å². The van der Waals surface area contributed by atoms with Crippen molar-refractivity contribution in [1.82, 2.24) is 5.32 Å². The Kier molecular flexibility index (Phi) is 4.74. The first-order valence-corrected chi connectivity index (χ1v) is 7.74. The fourth-order valence-electron chi connectivity index (χ4n) is 2.68. The molecule has 1 atom stereocenters. The van der Waals surface area contributed by atoms with Gasteiger partial charge in [-0.15, -0.1) is 0 Å². The fourth-order valence-corrected chi connectivity index (χ4v) is 3.96. The maximum absolute atomic E-state index is 5.20. The van der Waals surface area contributed by atoms with Crippen LogP contribution in [0.25, 0.3) is 0 Å². The number of nitrogens with zero attached hydrogens (tertiary/aromatic N) is 1. The lowest BCUT2D eigenvalue weighted by Crippen LogP contribution is -2.45. The van der Waals surface area contributed by atoms with E-state index in [1.807, 2.05) is 11.8 Å². The van der Waals surface area contributed by atoms with Gasteiger partial charge in [0.05, 0.1) is 12.6 Å². The molecule has 2 rings (SSSR count). The standard InChI is InChI=1S/C13H24N2OS/c1-3-11(9-16-2)14-12-15-13(10-17-12)7-5-4-6-8-13/h11H,3-10H2,1-2H3,(H,14,15). The highest BCUT2D eigenvalue weighted by molar-refractivity contribution is 8.14. The van der Waals surface area contributed by atoms with Crippen molar-refractivity contribution < 1.29 is 4.74 Å². The smallest absolute Gasteiger partial charge is 0.157 e. The highest BCUT2D eigenvalue weighted by atomic mass is 32.2.